The van der Waals surface area contributed by atoms with Crippen molar-refractivity contribution < 1.29 is 4.74 Å². The lowest BCUT2D eigenvalue weighted by molar-refractivity contribution is 0.0983. The molecule has 1 aliphatic heterocycles. The van der Waals surface area contributed by atoms with E-state index in [4.69, 9.17) is 4.74 Å². The molecule has 1 fully saturated rings. The Morgan fingerprint density at radius 3 is 2.53 bits per heavy atom. The Bertz CT molecular complexity index is 1300. The molecule has 34 heavy (non-hydrogen) atoms. The van der Waals surface area contributed by atoms with Crippen molar-refractivity contribution in [3.63, 3.8) is 0 Å². The minimum absolute atomic E-state index is 0.120. The molecular weight excluding hydrogens is 424 g/mol. The summed E-state index contributed by atoms with van der Waals surface area (Å²) in [5.74, 6) is 0.570. The van der Waals surface area contributed by atoms with Gasteiger partial charge in [-0.25, -0.2) is 0 Å². The number of nitrogens with zero attached hydrogens (tertiary/aromatic N) is 4. The average molecular weight is 457 g/mol. The summed E-state index contributed by atoms with van der Waals surface area (Å²) >= 11 is 0. The summed E-state index contributed by atoms with van der Waals surface area (Å²) in [5.41, 5.74) is 2.87. The topological polar surface area (TPSA) is 52.3 Å². The highest BCUT2D eigenvalue weighted by atomic mass is 16.5. The predicted octanol–water partition coefficient (Wildman–Crippen LogP) is 5.03. The zero-order valence-corrected chi connectivity index (χ0v) is 19.9. The highest BCUT2D eigenvalue weighted by Crippen LogP contribution is 2.23. The van der Waals surface area contributed by atoms with Gasteiger partial charge in [-0.3, -0.25) is 18.9 Å². The first-order valence-corrected chi connectivity index (χ1v) is 12.2. The van der Waals surface area contributed by atoms with E-state index in [9.17, 15) is 4.79 Å². The van der Waals surface area contributed by atoms with Crippen LogP contribution < -0.4 is 10.3 Å². The molecular formula is C28H32N4O2. The van der Waals surface area contributed by atoms with Gasteiger partial charge in [0.15, 0.2) is 0 Å². The molecule has 2 atom stereocenters. The molecule has 176 valence electrons. The molecule has 0 amide bonds. The summed E-state index contributed by atoms with van der Waals surface area (Å²) < 4.78 is 9.52. The lowest BCUT2D eigenvalue weighted by Gasteiger charge is -2.38. The first-order valence-electron chi connectivity index (χ1n) is 12.2. The van der Waals surface area contributed by atoms with E-state index in [-0.39, 0.29) is 5.56 Å². The monoisotopic (exact) mass is 456 g/mol. The standard InChI is InChI=1S/C28H32N4O2/c1-21-7-6-8-22(2)30(21)15-16-32-27-12-11-25(17-24(27)19-29-32)31-14-13-26(18-28(31)33)34-20-23-9-4-3-5-10-23/h3-5,9-14,17-19,21-22H,6-8,15-16,20H2,1-2H3/t21-,22+. The number of fused-ring (bicyclic) bond motifs is 1. The highest BCUT2D eigenvalue weighted by molar-refractivity contribution is 5.80. The van der Waals surface area contributed by atoms with Gasteiger partial charge in [0, 0.05) is 42.0 Å². The van der Waals surface area contributed by atoms with Crippen molar-refractivity contribution in [1.82, 2.24) is 19.2 Å². The summed E-state index contributed by atoms with van der Waals surface area (Å²) in [4.78, 5) is 15.4. The van der Waals surface area contributed by atoms with Crippen LogP contribution in [0, 0.1) is 0 Å². The van der Waals surface area contributed by atoms with E-state index in [2.05, 4.69) is 34.6 Å². The van der Waals surface area contributed by atoms with Crippen molar-refractivity contribution in [2.75, 3.05) is 6.54 Å². The first-order chi connectivity index (χ1) is 16.6. The lowest BCUT2D eigenvalue weighted by atomic mass is 9.98. The quantitative estimate of drug-likeness (QED) is 0.391. The van der Waals surface area contributed by atoms with Gasteiger partial charge < -0.3 is 4.74 Å². The van der Waals surface area contributed by atoms with Crippen LogP contribution in [0.3, 0.4) is 0 Å². The Labute approximate surface area is 200 Å². The summed E-state index contributed by atoms with van der Waals surface area (Å²) in [5, 5.41) is 5.67. The molecule has 0 bridgehead atoms. The van der Waals surface area contributed by atoms with Crippen molar-refractivity contribution in [2.45, 2.75) is 58.3 Å². The fraction of sp³-hybridized carbons (Fsp3) is 0.357. The van der Waals surface area contributed by atoms with Crippen molar-refractivity contribution in [1.29, 1.82) is 0 Å². The van der Waals surface area contributed by atoms with Crippen molar-refractivity contribution in [3.8, 4) is 11.4 Å². The Morgan fingerprint density at radius 2 is 1.76 bits per heavy atom. The second-order valence-corrected chi connectivity index (χ2v) is 9.32. The predicted molar refractivity (Wildman–Crippen MR) is 136 cm³/mol. The van der Waals surface area contributed by atoms with E-state index < -0.39 is 0 Å². The van der Waals surface area contributed by atoms with E-state index in [0.717, 1.165) is 35.2 Å². The minimum Gasteiger partial charge on any atom is -0.489 e. The third kappa shape index (κ3) is 4.77. The highest BCUT2D eigenvalue weighted by Gasteiger charge is 2.24. The van der Waals surface area contributed by atoms with E-state index in [0.29, 0.717) is 24.4 Å². The Kier molecular flexibility index (Phi) is 6.50. The van der Waals surface area contributed by atoms with Crippen molar-refractivity contribution >= 4 is 10.9 Å². The number of pyridine rings is 1. The molecule has 0 unspecified atom stereocenters. The zero-order valence-electron chi connectivity index (χ0n) is 19.9. The van der Waals surface area contributed by atoms with Gasteiger partial charge in [0.2, 0.25) is 0 Å². The number of piperidine rings is 1. The second kappa shape index (κ2) is 9.85. The molecule has 2 aromatic carbocycles. The van der Waals surface area contributed by atoms with Crippen LogP contribution >= 0.6 is 0 Å². The summed E-state index contributed by atoms with van der Waals surface area (Å²) in [6.45, 7) is 6.97. The largest absolute Gasteiger partial charge is 0.489 e. The van der Waals surface area contributed by atoms with Crippen LogP contribution in [0.5, 0.6) is 5.75 Å². The molecule has 0 radical (unpaired) electrons. The smallest absolute Gasteiger partial charge is 0.258 e. The normalized spacial score (nSPS) is 18.9. The number of hydrogen-bond donors (Lipinski definition) is 0. The molecule has 0 N–H and O–H groups in total. The Balaban J connectivity index is 1.29. The van der Waals surface area contributed by atoms with Crippen LogP contribution in [0.2, 0.25) is 0 Å². The number of aromatic nitrogens is 3. The van der Waals surface area contributed by atoms with Gasteiger partial charge in [0.25, 0.3) is 5.56 Å². The molecule has 1 saturated heterocycles. The van der Waals surface area contributed by atoms with Crippen molar-refractivity contribution in [2.24, 2.45) is 0 Å². The molecule has 1 aliphatic rings. The van der Waals surface area contributed by atoms with Gasteiger partial charge in [-0.15, -0.1) is 0 Å². The average Bonchev–Trinajstić information content (AvgIpc) is 3.25. The molecule has 0 spiro atoms. The van der Waals surface area contributed by atoms with E-state index in [1.54, 1.807) is 10.8 Å². The summed E-state index contributed by atoms with van der Waals surface area (Å²) in [6.07, 6.45) is 7.54. The molecule has 3 heterocycles. The third-order valence-electron chi connectivity index (χ3n) is 6.99. The van der Waals surface area contributed by atoms with Gasteiger partial charge in [-0.05, 0) is 56.5 Å². The third-order valence-corrected chi connectivity index (χ3v) is 6.99. The number of benzene rings is 2. The lowest BCUT2D eigenvalue weighted by Crippen LogP contribution is -2.45. The van der Waals surface area contributed by atoms with Gasteiger partial charge >= 0.3 is 0 Å². The van der Waals surface area contributed by atoms with Crippen LogP contribution in [0.25, 0.3) is 16.6 Å². The van der Waals surface area contributed by atoms with Crippen LogP contribution in [0.4, 0.5) is 0 Å². The number of rotatable bonds is 7. The first kappa shape index (κ1) is 22.4. The van der Waals surface area contributed by atoms with E-state index in [1.165, 1.54) is 25.3 Å². The maximum atomic E-state index is 12.8. The van der Waals surface area contributed by atoms with Crippen LogP contribution in [-0.4, -0.2) is 37.9 Å². The Morgan fingerprint density at radius 1 is 0.971 bits per heavy atom. The molecule has 0 saturated carbocycles. The Hall–Kier alpha value is -3.38. The fourth-order valence-electron chi connectivity index (χ4n) is 5.03. The maximum absolute atomic E-state index is 12.8. The van der Waals surface area contributed by atoms with Crippen molar-refractivity contribution in [3.05, 3.63) is 89.0 Å². The SMILES string of the molecule is C[C@@H]1CCC[C@H](C)N1CCn1ncc2cc(-n3ccc(OCc4ccccc4)cc3=O)ccc21. The zero-order chi connectivity index (χ0) is 23.5. The fourth-order valence-corrected chi connectivity index (χ4v) is 5.03. The van der Waals surface area contributed by atoms with E-state index >= 15 is 0 Å². The van der Waals surface area contributed by atoms with Crippen LogP contribution in [0.15, 0.2) is 77.9 Å². The molecule has 0 aliphatic carbocycles. The van der Waals surface area contributed by atoms with Gasteiger partial charge in [0.05, 0.1) is 18.3 Å². The van der Waals surface area contributed by atoms with Gasteiger partial charge in [-0.1, -0.05) is 36.8 Å². The molecule has 6 heteroatoms. The molecule has 2 aromatic heterocycles. The minimum atomic E-state index is -0.120. The summed E-state index contributed by atoms with van der Waals surface area (Å²) in [7, 11) is 0. The second-order valence-electron chi connectivity index (χ2n) is 9.32. The van der Waals surface area contributed by atoms with Crippen LogP contribution in [-0.2, 0) is 13.2 Å². The summed E-state index contributed by atoms with van der Waals surface area (Å²) in [6, 6.07) is 20.6. The van der Waals surface area contributed by atoms with Gasteiger partial charge in [0.1, 0.15) is 12.4 Å². The van der Waals surface area contributed by atoms with Crippen LogP contribution in [0.1, 0.15) is 38.7 Å². The molecule has 6 nitrogen and oxygen atoms in total. The number of hydrogen-bond acceptors (Lipinski definition) is 4. The maximum Gasteiger partial charge on any atom is 0.258 e. The number of likely N-dealkylation sites (tertiary alicyclic amines) is 1. The van der Waals surface area contributed by atoms with Gasteiger partial charge in [-0.2, -0.15) is 5.10 Å². The molecule has 5 rings (SSSR count). The van der Waals surface area contributed by atoms with E-state index in [1.807, 2.05) is 54.7 Å². The molecule has 4 aromatic rings. The number of ether oxygens (including phenoxy) is 1.